The number of ketones is 1. The third-order valence-corrected chi connectivity index (χ3v) is 3.83. The zero-order valence-electron chi connectivity index (χ0n) is 12.6. The van der Waals surface area contributed by atoms with Gasteiger partial charge in [-0.25, -0.2) is 0 Å². The van der Waals surface area contributed by atoms with Crippen LogP contribution in [-0.4, -0.2) is 36.4 Å². The Kier molecular flexibility index (Phi) is 5.60. The second-order valence-electron chi connectivity index (χ2n) is 5.62. The van der Waals surface area contributed by atoms with E-state index in [1.54, 1.807) is 6.92 Å². The molecule has 3 heteroatoms. The highest BCUT2D eigenvalue weighted by atomic mass is 16.5. The molecular weight excluding hydrogens is 250 g/mol. The number of hydrogen-bond donors (Lipinski definition) is 0. The third kappa shape index (κ3) is 4.34. The van der Waals surface area contributed by atoms with Crippen molar-refractivity contribution < 1.29 is 9.53 Å². The third-order valence-electron chi connectivity index (χ3n) is 3.83. The summed E-state index contributed by atoms with van der Waals surface area (Å²) in [6, 6.07) is 7.53. The molecular formula is C17H25NO2. The van der Waals surface area contributed by atoms with Crippen LogP contribution in [0.4, 0.5) is 0 Å². The summed E-state index contributed by atoms with van der Waals surface area (Å²) < 4.78 is 6.06. The molecule has 110 valence electrons. The van der Waals surface area contributed by atoms with E-state index in [1.165, 1.54) is 32.4 Å². The van der Waals surface area contributed by atoms with E-state index in [0.717, 1.165) is 24.3 Å². The van der Waals surface area contributed by atoms with Gasteiger partial charge in [0.25, 0.3) is 0 Å². The average Bonchev–Trinajstić information content (AvgIpc) is 2.46. The molecule has 1 aliphatic heterocycles. The van der Waals surface area contributed by atoms with E-state index in [0.29, 0.717) is 0 Å². The minimum absolute atomic E-state index is 0.0867. The number of carbonyl (C=O) groups excluding carboxylic acids is 1. The SMILES string of the molecule is CCCCN1CCCC(Oc2cccc(C(C)=O)c2)C1. The second kappa shape index (κ2) is 7.44. The number of piperidine rings is 1. The minimum atomic E-state index is 0.0867. The van der Waals surface area contributed by atoms with Crippen LogP contribution < -0.4 is 4.74 Å². The van der Waals surface area contributed by atoms with E-state index in [2.05, 4.69) is 11.8 Å². The van der Waals surface area contributed by atoms with Crippen LogP contribution in [0.25, 0.3) is 0 Å². The van der Waals surface area contributed by atoms with Gasteiger partial charge in [0, 0.05) is 12.1 Å². The van der Waals surface area contributed by atoms with E-state index in [-0.39, 0.29) is 11.9 Å². The molecule has 1 saturated heterocycles. The van der Waals surface area contributed by atoms with Gasteiger partial charge in [-0.1, -0.05) is 25.5 Å². The first-order chi connectivity index (χ1) is 9.69. The Morgan fingerprint density at radius 3 is 3.05 bits per heavy atom. The number of ether oxygens (including phenoxy) is 1. The highest BCUT2D eigenvalue weighted by Gasteiger charge is 2.20. The molecule has 0 N–H and O–H groups in total. The fourth-order valence-corrected chi connectivity index (χ4v) is 2.67. The minimum Gasteiger partial charge on any atom is -0.489 e. The Bertz CT molecular complexity index is 444. The molecule has 3 nitrogen and oxygen atoms in total. The van der Waals surface area contributed by atoms with Crippen molar-refractivity contribution in [3.8, 4) is 5.75 Å². The molecule has 0 aliphatic carbocycles. The predicted molar refractivity (Wildman–Crippen MR) is 81.4 cm³/mol. The first-order valence-electron chi connectivity index (χ1n) is 7.69. The summed E-state index contributed by atoms with van der Waals surface area (Å²) in [7, 11) is 0. The Morgan fingerprint density at radius 2 is 2.30 bits per heavy atom. The molecule has 1 atom stereocenters. The van der Waals surface area contributed by atoms with Crippen LogP contribution in [0.15, 0.2) is 24.3 Å². The molecule has 20 heavy (non-hydrogen) atoms. The molecule has 1 aromatic rings. The van der Waals surface area contributed by atoms with Gasteiger partial charge in [-0.15, -0.1) is 0 Å². The molecule has 0 radical (unpaired) electrons. The van der Waals surface area contributed by atoms with Crippen LogP contribution in [0, 0.1) is 0 Å². The van der Waals surface area contributed by atoms with Gasteiger partial charge in [0.05, 0.1) is 0 Å². The number of benzene rings is 1. The summed E-state index contributed by atoms with van der Waals surface area (Å²) in [6.45, 7) is 7.18. The zero-order valence-corrected chi connectivity index (χ0v) is 12.6. The molecule has 0 amide bonds. The van der Waals surface area contributed by atoms with Crippen LogP contribution >= 0.6 is 0 Å². The summed E-state index contributed by atoms with van der Waals surface area (Å²) >= 11 is 0. The van der Waals surface area contributed by atoms with E-state index in [9.17, 15) is 4.79 Å². The Balaban J connectivity index is 1.92. The number of hydrogen-bond acceptors (Lipinski definition) is 3. The van der Waals surface area contributed by atoms with Gasteiger partial charge in [-0.3, -0.25) is 9.69 Å². The molecule has 2 rings (SSSR count). The Labute approximate surface area is 121 Å². The summed E-state index contributed by atoms with van der Waals surface area (Å²) in [5.74, 6) is 0.906. The maximum absolute atomic E-state index is 11.4. The van der Waals surface area contributed by atoms with Crippen molar-refractivity contribution in [1.29, 1.82) is 0 Å². The number of unbranched alkanes of at least 4 members (excludes halogenated alkanes) is 1. The lowest BCUT2D eigenvalue weighted by molar-refractivity contribution is 0.0874. The van der Waals surface area contributed by atoms with Gasteiger partial charge in [0.2, 0.25) is 0 Å². The summed E-state index contributed by atoms with van der Waals surface area (Å²) in [5.41, 5.74) is 0.723. The maximum Gasteiger partial charge on any atom is 0.159 e. The van der Waals surface area contributed by atoms with Crippen molar-refractivity contribution in [3.05, 3.63) is 29.8 Å². The average molecular weight is 275 g/mol. The van der Waals surface area contributed by atoms with Crippen molar-refractivity contribution >= 4 is 5.78 Å². The van der Waals surface area contributed by atoms with Crippen molar-refractivity contribution in [2.45, 2.75) is 45.6 Å². The lowest BCUT2D eigenvalue weighted by Crippen LogP contribution is -2.41. The van der Waals surface area contributed by atoms with Crippen molar-refractivity contribution in [3.63, 3.8) is 0 Å². The molecule has 1 fully saturated rings. The molecule has 1 aromatic carbocycles. The van der Waals surface area contributed by atoms with Crippen LogP contribution in [0.1, 0.15) is 49.9 Å². The second-order valence-corrected chi connectivity index (χ2v) is 5.62. The number of nitrogens with zero attached hydrogens (tertiary/aromatic N) is 1. The summed E-state index contributed by atoms with van der Waals surface area (Å²) in [6.07, 6.45) is 5.05. The van der Waals surface area contributed by atoms with Crippen LogP contribution in [0.2, 0.25) is 0 Å². The molecule has 0 spiro atoms. The fourth-order valence-electron chi connectivity index (χ4n) is 2.67. The monoisotopic (exact) mass is 275 g/mol. The lowest BCUT2D eigenvalue weighted by Gasteiger charge is -2.32. The van der Waals surface area contributed by atoms with Gasteiger partial charge in [-0.2, -0.15) is 0 Å². The fraction of sp³-hybridized carbons (Fsp3) is 0.588. The van der Waals surface area contributed by atoms with Gasteiger partial charge < -0.3 is 4.74 Å². The first-order valence-corrected chi connectivity index (χ1v) is 7.69. The molecule has 1 unspecified atom stereocenters. The number of likely N-dealkylation sites (tertiary alicyclic amines) is 1. The quantitative estimate of drug-likeness (QED) is 0.744. The number of carbonyl (C=O) groups is 1. The van der Waals surface area contributed by atoms with Gasteiger partial charge >= 0.3 is 0 Å². The van der Waals surface area contributed by atoms with E-state index < -0.39 is 0 Å². The summed E-state index contributed by atoms with van der Waals surface area (Å²) in [4.78, 5) is 13.9. The zero-order chi connectivity index (χ0) is 14.4. The van der Waals surface area contributed by atoms with Crippen LogP contribution in [0.5, 0.6) is 5.75 Å². The molecule has 0 bridgehead atoms. The maximum atomic E-state index is 11.4. The smallest absolute Gasteiger partial charge is 0.159 e. The Hall–Kier alpha value is -1.35. The van der Waals surface area contributed by atoms with E-state index in [1.807, 2.05) is 24.3 Å². The predicted octanol–water partition coefficient (Wildman–Crippen LogP) is 3.53. The number of rotatable bonds is 6. The number of Topliss-reactive ketones (excluding diaryl/α,β-unsaturated/α-hetero) is 1. The Morgan fingerprint density at radius 1 is 1.45 bits per heavy atom. The van der Waals surface area contributed by atoms with E-state index in [4.69, 9.17) is 4.74 Å². The first kappa shape index (κ1) is 15.0. The normalized spacial score (nSPS) is 19.8. The highest BCUT2D eigenvalue weighted by Crippen LogP contribution is 2.20. The summed E-state index contributed by atoms with van der Waals surface area (Å²) in [5, 5.41) is 0. The standard InChI is InChI=1S/C17H25NO2/c1-3-4-10-18-11-6-9-17(13-18)20-16-8-5-7-15(12-16)14(2)19/h5,7-8,12,17H,3-4,6,9-11,13H2,1-2H3. The van der Waals surface area contributed by atoms with Gasteiger partial charge in [0.1, 0.15) is 11.9 Å². The van der Waals surface area contributed by atoms with E-state index >= 15 is 0 Å². The molecule has 1 aliphatic rings. The molecule has 0 saturated carbocycles. The van der Waals surface area contributed by atoms with Crippen molar-refractivity contribution in [2.24, 2.45) is 0 Å². The lowest BCUT2D eigenvalue weighted by atomic mass is 10.1. The topological polar surface area (TPSA) is 29.5 Å². The van der Waals surface area contributed by atoms with Gasteiger partial charge in [-0.05, 0) is 51.4 Å². The molecule has 0 aromatic heterocycles. The van der Waals surface area contributed by atoms with Crippen molar-refractivity contribution in [1.82, 2.24) is 4.90 Å². The van der Waals surface area contributed by atoms with Crippen molar-refractivity contribution in [2.75, 3.05) is 19.6 Å². The molecule has 1 heterocycles. The van der Waals surface area contributed by atoms with Crippen LogP contribution in [0.3, 0.4) is 0 Å². The van der Waals surface area contributed by atoms with Crippen LogP contribution in [-0.2, 0) is 0 Å². The van der Waals surface area contributed by atoms with Gasteiger partial charge in [0.15, 0.2) is 5.78 Å². The largest absolute Gasteiger partial charge is 0.489 e. The highest BCUT2D eigenvalue weighted by molar-refractivity contribution is 5.94.